The van der Waals surface area contributed by atoms with E-state index in [4.69, 9.17) is 4.74 Å². The smallest absolute Gasteiger partial charge is 0.0613 e. The molecule has 1 aliphatic heterocycles. The SMILES string of the molecule is CC1CCCC(CO)(NCC2CCOC2)C1. The molecule has 0 bridgehead atoms. The van der Waals surface area contributed by atoms with Gasteiger partial charge in [0.25, 0.3) is 0 Å². The average molecular weight is 227 g/mol. The summed E-state index contributed by atoms with van der Waals surface area (Å²) in [4.78, 5) is 0. The number of hydrogen-bond acceptors (Lipinski definition) is 3. The van der Waals surface area contributed by atoms with E-state index in [-0.39, 0.29) is 12.1 Å². The van der Waals surface area contributed by atoms with Crippen LogP contribution in [0, 0.1) is 11.8 Å². The Morgan fingerprint density at radius 2 is 2.31 bits per heavy atom. The summed E-state index contributed by atoms with van der Waals surface area (Å²) in [5.74, 6) is 1.40. The largest absolute Gasteiger partial charge is 0.394 e. The highest BCUT2D eigenvalue weighted by Gasteiger charge is 2.34. The fourth-order valence-corrected chi connectivity index (χ4v) is 3.13. The summed E-state index contributed by atoms with van der Waals surface area (Å²) >= 11 is 0. The predicted octanol–water partition coefficient (Wildman–Crippen LogP) is 1.55. The van der Waals surface area contributed by atoms with Gasteiger partial charge in [0.1, 0.15) is 0 Å². The molecule has 3 atom stereocenters. The van der Waals surface area contributed by atoms with Crippen LogP contribution in [0.15, 0.2) is 0 Å². The number of nitrogens with one attached hydrogen (secondary N) is 1. The molecule has 94 valence electrons. The Balaban J connectivity index is 1.83. The quantitative estimate of drug-likeness (QED) is 0.766. The Morgan fingerprint density at radius 3 is 2.94 bits per heavy atom. The normalized spacial score (nSPS) is 40.1. The van der Waals surface area contributed by atoms with Gasteiger partial charge in [-0.2, -0.15) is 0 Å². The summed E-state index contributed by atoms with van der Waals surface area (Å²) < 4.78 is 5.38. The molecule has 2 rings (SSSR count). The Hall–Kier alpha value is -0.120. The second-order valence-corrected chi connectivity index (χ2v) is 5.75. The highest BCUT2D eigenvalue weighted by atomic mass is 16.5. The van der Waals surface area contributed by atoms with Gasteiger partial charge in [-0.3, -0.25) is 0 Å². The van der Waals surface area contributed by atoms with Crippen molar-refractivity contribution in [2.24, 2.45) is 11.8 Å². The molecule has 1 aliphatic carbocycles. The van der Waals surface area contributed by atoms with E-state index < -0.39 is 0 Å². The monoisotopic (exact) mass is 227 g/mol. The number of ether oxygens (including phenoxy) is 1. The molecule has 3 heteroatoms. The van der Waals surface area contributed by atoms with Crippen LogP contribution in [-0.2, 0) is 4.74 Å². The zero-order valence-electron chi connectivity index (χ0n) is 10.4. The van der Waals surface area contributed by atoms with Gasteiger partial charge in [0, 0.05) is 18.7 Å². The van der Waals surface area contributed by atoms with Gasteiger partial charge in [0.15, 0.2) is 0 Å². The van der Waals surface area contributed by atoms with Gasteiger partial charge in [0.2, 0.25) is 0 Å². The summed E-state index contributed by atoms with van der Waals surface area (Å²) in [6.45, 7) is 5.39. The van der Waals surface area contributed by atoms with Crippen molar-refractivity contribution in [2.45, 2.75) is 44.6 Å². The molecule has 1 saturated heterocycles. The van der Waals surface area contributed by atoms with Crippen molar-refractivity contribution >= 4 is 0 Å². The summed E-state index contributed by atoms with van der Waals surface area (Å²) in [5.41, 5.74) is 0.000255. The Kier molecular flexibility index (Phi) is 4.22. The fourth-order valence-electron chi connectivity index (χ4n) is 3.13. The molecule has 0 radical (unpaired) electrons. The lowest BCUT2D eigenvalue weighted by Crippen LogP contribution is -2.52. The molecule has 1 saturated carbocycles. The summed E-state index contributed by atoms with van der Waals surface area (Å²) in [6.07, 6.45) is 5.98. The van der Waals surface area contributed by atoms with Crippen molar-refractivity contribution in [2.75, 3.05) is 26.4 Å². The first-order chi connectivity index (χ1) is 7.74. The number of rotatable bonds is 4. The third-order valence-corrected chi connectivity index (χ3v) is 4.18. The van der Waals surface area contributed by atoms with E-state index in [1.54, 1.807) is 0 Å². The summed E-state index contributed by atoms with van der Waals surface area (Å²) in [6, 6.07) is 0. The molecule has 16 heavy (non-hydrogen) atoms. The van der Waals surface area contributed by atoms with Crippen LogP contribution in [0.4, 0.5) is 0 Å². The van der Waals surface area contributed by atoms with Gasteiger partial charge in [-0.05, 0) is 31.1 Å². The van der Waals surface area contributed by atoms with Crippen LogP contribution < -0.4 is 5.32 Å². The maximum absolute atomic E-state index is 9.64. The molecule has 0 spiro atoms. The van der Waals surface area contributed by atoms with E-state index in [9.17, 15) is 5.11 Å². The number of aliphatic hydroxyl groups is 1. The number of aliphatic hydroxyl groups excluding tert-OH is 1. The molecule has 0 aromatic carbocycles. The topological polar surface area (TPSA) is 41.5 Å². The standard InChI is InChI=1S/C13H25NO2/c1-11-3-2-5-13(7-11,10-15)14-8-12-4-6-16-9-12/h11-12,14-15H,2-10H2,1H3. The van der Waals surface area contributed by atoms with Crippen molar-refractivity contribution in [3.8, 4) is 0 Å². The van der Waals surface area contributed by atoms with Crippen molar-refractivity contribution in [3.05, 3.63) is 0 Å². The summed E-state index contributed by atoms with van der Waals surface area (Å²) in [5, 5.41) is 13.3. The lowest BCUT2D eigenvalue weighted by Gasteiger charge is -2.40. The highest BCUT2D eigenvalue weighted by molar-refractivity contribution is 4.93. The minimum atomic E-state index is 0.000255. The van der Waals surface area contributed by atoms with E-state index in [2.05, 4.69) is 12.2 Å². The maximum Gasteiger partial charge on any atom is 0.0613 e. The Morgan fingerprint density at radius 1 is 1.44 bits per heavy atom. The first-order valence-electron chi connectivity index (χ1n) is 6.68. The van der Waals surface area contributed by atoms with Gasteiger partial charge < -0.3 is 15.2 Å². The first kappa shape index (κ1) is 12.3. The van der Waals surface area contributed by atoms with Crippen LogP contribution in [0.25, 0.3) is 0 Å². The molecular weight excluding hydrogens is 202 g/mol. The second-order valence-electron chi connectivity index (χ2n) is 5.75. The fraction of sp³-hybridized carbons (Fsp3) is 1.00. The summed E-state index contributed by atoms with van der Waals surface area (Å²) in [7, 11) is 0. The lowest BCUT2D eigenvalue weighted by atomic mass is 9.76. The van der Waals surface area contributed by atoms with Gasteiger partial charge in [-0.25, -0.2) is 0 Å². The van der Waals surface area contributed by atoms with Crippen LogP contribution in [-0.4, -0.2) is 37.0 Å². The average Bonchev–Trinajstić information content (AvgIpc) is 2.79. The molecule has 0 amide bonds. The van der Waals surface area contributed by atoms with Crippen LogP contribution in [0.1, 0.15) is 39.0 Å². The van der Waals surface area contributed by atoms with Crippen LogP contribution in [0.2, 0.25) is 0 Å². The lowest BCUT2D eigenvalue weighted by molar-refractivity contribution is 0.0938. The van der Waals surface area contributed by atoms with Crippen LogP contribution in [0.3, 0.4) is 0 Å². The molecule has 3 unspecified atom stereocenters. The third kappa shape index (κ3) is 2.96. The minimum absolute atomic E-state index is 0.000255. The second kappa shape index (κ2) is 5.48. The van der Waals surface area contributed by atoms with E-state index in [0.717, 1.165) is 38.5 Å². The van der Waals surface area contributed by atoms with Crippen LogP contribution >= 0.6 is 0 Å². The molecular formula is C13H25NO2. The minimum Gasteiger partial charge on any atom is -0.394 e. The van der Waals surface area contributed by atoms with Crippen molar-refractivity contribution < 1.29 is 9.84 Å². The molecule has 3 nitrogen and oxygen atoms in total. The molecule has 2 aliphatic rings. The maximum atomic E-state index is 9.64. The van der Waals surface area contributed by atoms with E-state index in [1.165, 1.54) is 19.3 Å². The third-order valence-electron chi connectivity index (χ3n) is 4.18. The predicted molar refractivity (Wildman–Crippen MR) is 64.4 cm³/mol. The Labute approximate surface area is 98.6 Å². The molecule has 0 aromatic rings. The van der Waals surface area contributed by atoms with Crippen molar-refractivity contribution in [3.63, 3.8) is 0 Å². The van der Waals surface area contributed by atoms with E-state index in [0.29, 0.717) is 5.92 Å². The number of hydrogen-bond donors (Lipinski definition) is 2. The highest BCUT2D eigenvalue weighted by Crippen LogP contribution is 2.32. The van der Waals surface area contributed by atoms with Gasteiger partial charge in [0.05, 0.1) is 13.2 Å². The molecule has 1 heterocycles. The molecule has 0 aromatic heterocycles. The van der Waals surface area contributed by atoms with Gasteiger partial charge >= 0.3 is 0 Å². The van der Waals surface area contributed by atoms with E-state index in [1.807, 2.05) is 0 Å². The van der Waals surface area contributed by atoms with Gasteiger partial charge in [-0.1, -0.05) is 19.8 Å². The van der Waals surface area contributed by atoms with E-state index >= 15 is 0 Å². The molecule has 2 N–H and O–H groups in total. The first-order valence-corrected chi connectivity index (χ1v) is 6.68. The zero-order chi connectivity index (χ0) is 11.4. The van der Waals surface area contributed by atoms with Crippen molar-refractivity contribution in [1.82, 2.24) is 5.32 Å². The van der Waals surface area contributed by atoms with Crippen LogP contribution in [0.5, 0.6) is 0 Å². The van der Waals surface area contributed by atoms with Crippen molar-refractivity contribution in [1.29, 1.82) is 0 Å². The zero-order valence-corrected chi connectivity index (χ0v) is 10.4. The Bertz CT molecular complexity index is 216. The molecule has 2 fully saturated rings. The van der Waals surface area contributed by atoms with Gasteiger partial charge in [-0.15, -0.1) is 0 Å².